The molecule has 1 unspecified atom stereocenters. The first-order valence-corrected chi connectivity index (χ1v) is 12.5. The van der Waals surface area contributed by atoms with Gasteiger partial charge in [-0.15, -0.1) is 10.2 Å². The number of rotatable bonds is 6. The molecule has 4 rings (SSSR count). The molecule has 7 nitrogen and oxygen atoms in total. The standard InChI is InChI=1S/C24H29BN3O4P/c1-7-30-22(29)21-20(26-28(27-21)33-6)18-10-8-16(9-11-18)17-12-14-19(15-13-17)25-31-23(2,3)24(4,5)32-25/h8-15,33H,7H2,1-6H3. The second-order valence-electron chi connectivity index (χ2n) is 8.92. The third-order valence-electron chi connectivity index (χ3n) is 6.21. The summed E-state index contributed by atoms with van der Waals surface area (Å²) >= 11 is 0. The molecule has 1 fully saturated rings. The molecule has 0 spiro atoms. The van der Waals surface area contributed by atoms with E-state index in [1.807, 2.05) is 43.1 Å². The number of esters is 1. The van der Waals surface area contributed by atoms with E-state index in [0.717, 1.165) is 22.2 Å². The Morgan fingerprint density at radius 1 is 0.939 bits per heavy atom. The molecule has 2 aromatic carbocycles. The summed E-state index contributed by atoms with van der Waals surface area (Å²) < 4.78 is 19.0. The van der Waals surface area contributed by atoms with Gasteiger partial charge in [-0.3, -0.25) is 0 Å². The molecule has 1 aromatic heterocycles. The summed E-state index contributed by atoms with van der Waals surface area (Å²) in [4.78, 5) is 12.3. The highest BCUT2D eigenvalue weighted by Crippen LogP contribution is 2.36. The lowest BCUT2D eigenvalue weighted by atomic mass is 9.78. The highest BCUT2D eigenvalue weighted by Gasteiger charge is 2.51. The van der Waals surface area contributed by atoms with E-state index < -0.39 is 5.97 Å². The van der Waals surface area contributed by atoms with Gasteiger partial charge in [-0.1, -0.05) is 48.5 Å². The van der Waals surface area contributed by atoms with Crippen LogP contribution < -0.4 is 5.46 Å². The van der Waals surface area contributed by atoms with Crippen LogP contribution in [0.5, 0.6) is 0 Å². The van der Waals surface area contributed by atoms with Gasteiger partial charge in [0.1, 0.15) is 5.69 Å². The Bertz CT molecular complexity index is 1130. The van der Waals surface area contributed by atoms with Crippen LogP contribution >= 0.6 is 8.73 Å². The molecular weight excluding hydrogens is 436 g/mol. The minimum atomic E-state index is -0.459. The lowest BCUT2D eigenvalue weighted by Gasteiger charge is -2.32. The third-order valence-corrected chi connectivity index (χ3v) is 6.81. The summed E-state index contributed by atoms with van der Waals surface area (Å²) in [6.45, 7) is 12.2. The van der Waals surface area contributed by atoms with Gasteiger partial charge in [-0.2, -0.15) is 4.57 Å². The van der Waals surface area contributed by atoms with Crippen LogP contribution in [0.25, 0.3) is 22.4 Å². The quantitative estimate of drug-likeness (QED) is 0.309. The summed E-state index contributed by atoms with van der Waals surface area (Å²) in [5.74, 6) is -0.459. The molecule has 0 N–H and O–H groups in total. The minimum Gasteiger partial charge on any atom is -0.461 e. The fraction of sp³-hybridized carbons (Fsp3) is 0.375. The molecule has 0 amide bonds. The Balaban J connectivity index is 1.55. The van der Waals surface area contributed by atoms with Crippen molar-refractivity contribution in [3.63, 3.8) is 0 Å². The molecule has 172 valence electrons. The van der Waals surface area contributed by atoms with E-state index in [4.69, 9.17) is 14.0 Å². The van der Waals surface area contributed by atoms with E-state index in [-0.39, 0.29) is 24.0 Å². The van der Waals surface area contributed by atoms with E-state index in [1.54, 1.807) is 6.92 Å². The van der Waals surface area contributed by atoms with Crippen LogP contribution in [0, 0.1) is 0 Å². The lowest BCUT2D eigenvalue weighted by molar-refractivity contribution is 0.00578. The molecule has 2 heterocycles. The van der Waals surface area contributed by atoms with Crippen molar-refractivity contribution in [2.75, 3.05) is 13.3 Å². The zero-order valence-electron chi connectivity index (χ0n) is 19.9. The molecule has 1 aliphatic heterocycles. The maximum atomic E-state index is 12.3. The van der Waals surface area contributed by atoms with Crippen molar-refractivity contribution in [3.8, 4) is 22.4 Å². The molecule has 0 bridgehead atoms. The number of aromatic nitrogens is 3. The van der Waals surface area contributed by atoms with Crippen LogP contribution in [0.4, 0.5) is 0 Å². The van der Waals surface area contributed by atoms with Crippen LogP contribution in [0.1, 0.15) is 45.1 Å². The fourth-order valence-corrected chi connectivity index (χ4v) is 3.97. The van der Waals surface area contributed by atoms with Crippen molar-refractivity contribution < 1.29 is 18.8 Å². The maximum Gasteiger partial charge on any atom is 0.494 e. The Hall–Kier alpha value is -2.54. The number of nitrogens with zero attached hydrogens (tertiary/aromatic N) is 3. The number of benzene rings is 2. The van der Waals surface area contributed by atoms with Crippen molar-refractivity contribution in [2.24, 2.45) is 0 Å². The number of hydrogen-bond donors (Lipinski definition) is 0. The average molecular weight is 465 g/mol. The normalized spacial score (nSPS) is 17.1. The van der Waals surface area contributed by atoms with Gasteiger partial charge in [0.15, 0.2) is 5.69 Å². The molecule has 1 atom stereocenters. The summed E-state index contributed by atoms with van der Waals surface area (Å²) in [5.41, 5.74) is 3.98. The van der Waals surface area contributed by atoms with Gasteiger partial charge >= 0.3 is 13.1 Å². The maximum absolute atomic E-state index is 12.3. The summed E-state index contributed by atoms with van der Waals surface area (Å²) in [6.07, 6.45) is 0. The molecule has 3 aromatic rings. The topological polar surface area (TPSA) is 75.5 Å². The van der Waals surface area contributed by atoms with E-state index in [2.05, 4.69) is 50.0 Å². The molecule has 0 radical (unpaired) electrons. The van der Waals surface area contributed by atoms with Crippen LogP contribution in [-0.4, -0.2) is 52.3 Å². The van der Waals surface area contributed by atoms with Crippen LogP contribution in [-0.2, 0) is 14.0 Å². The zero-order chi connectivity index (χ0) is 23.8. The zero-order valence-corrected chi connectivity index (χ0v) is 20.9. The Morgan fingerprint density at radius 3 is 1.97 bits per heavy atom. The fourth-order valence-electron chi connectivity index (χ4n) is 3.57. The number of carbonyl (C=O) groups is 1. The number of carbonyl (C=O) groups excluding carboxylic acids is 1. The van der Waals surface area contributed by atoms with Gasteiger partial charge in [0.05, 0.1) is 17.8 Å². The Morgan fingerprint density at radius 2 is 1.45 bits per heavy atom. The van der Waals surface area contributed by atoms with Gasteiger partial charge in [-0.05, 0) is 57.9 Å². The van der Waals surface area contributed by atoms with Gasteiger partial charge in [0.25, 0.3) is 0 Å². The number of ether oxygens (including phenoxy) is 1. The van der Waals surface area contributed by atoms with Crippen molar-refractivity contribution in [2.45, 2.75) is 45.8 Å². The van der Waals surface area contributed by atoms with Crippen LogP contribution in [0.3, 0.4) is 0 Å². The molecule has 1 aliphatic rings. The summed E-state index contributed by atoms with van der Waals surface area (Å²) in [6, 6.07) is 16.1. The second-order valence-corrected chi connectivity index (χ2v) is 9.77. The van der Waals surface area contributed by atoms with E-state index in [9.17, 15) is 4.79 Å². The van der Waals surface area contributed by atoms with E-state index >= 15 is 0 Å². The van der Waals surface area contributed by atoms with Crippen molar-refractivity contribution in [1.82, 2.24) is 14.8 Å². The first-order valence-electron chi connectivity index (χ1n) is 11.0. The molecule has 33 heavy (non-hydrogen) atoms. The van der Waals surface area contributed by atoms with Gasteiger partial charge in [0.2, 0.25) is 0 Å². The van der Waals surface area contributed by atoms with Gasteiger partial charge < -0.3 is 14.0 Å². The first kappa shape index (κ1) is 23.6. The van der Waals surface area contributed by atoms with Gasteiger partial charge in [0, 0.05) is 14.3 Å². The molecular formula is C24H29BN3O4P. The monoisotopic (exact) mass is 465 g/mol. The largest absolute Gasteiger partial charge is 0.494 e. The molecule has 9 heteroatoms. The van der Waals surface area contributed by atoms with E-state index in [1.165, 1.54) is 4.57 Å². The first-order chi connectivity index (χ1) is 15.6. The van der Waals surface area contributed by atoms with Crippen LogP contribution in [0.15, 0.2) is 48.5 Å². The van der Waals surface area contributed by atoms with Gasteiger partial charge in [-0.25, -0.2) is 4.79 Å². The molecule has 0 aliphatic carbocycles. The molecule has 0 saturated carbocycles. The summed E-state index contributed by atoms with van der Waals surface area (Å²) in [7, 11) is -0.0584. The van der Waals surface area contributed by atoms with Crippen molar-refractivity contribution in [1.29, 1.82) is 0 Å². The lowest BCUT2D eigenvalue weighted by Crippen LogP contribution is -2.41. The second kappa shape index (κ2) is 9.01. The predicted molar refractivity (Wildman–Crippen MR) is 132 cm³/mol. The van der Waals surface area contributed by atoms with Crippen molar-refractivity contribution in [3.05, 3.63) is 54.2 Å². The molecule has 1 saturated heterocycles. The smallest absolute Gasteiger partial charge is 0.461 e. The van der Waals surface area contributed by atoms with E-state index in [0.29, 0.717) is 21.0 Å². The third kappa shape index (κ3) is 4.61. The highest BCUT2D eigenvalue weighted by atomic mass is 31.1. The van der Waals surface area contributed by atoms with Crippen LogP contribution in [0.2, 0.25) is 0 Å². The Kier molecular flexibility index (Phi) is 6.45. The van der Waals surface area contributed by atoms with Crippen molar-refractivity contribution >= 4 is 27.3 Å². The predicted octanol–water partition coefficient (Wildman–Crippen LogP) is 4.16. The highest BCUT2D eigenvalue weighted by molar-refractivity contribution is 7.34. The minimum absolute atomic E-state index is 0.241. The summed E-state index contributed by atoms with van der Waals surface area (Å²) in [5, 5.41) is 8.76. The number of hydrogen-bond acceptors (Lipinski definition) is 6. The Labute approximate surface area is 196 Å². The SMILES string of the molecule is CCOC(=O)c1nn(PC)nc1-c1ccc(-c2ccc(B3OC(C)(C)C(C)(C)O3)cc2)cc1. The average Bonchev–Trinajstić information content (AvgIpc) is 3.32.